The normalized spacial score (nSPS) is 11.2. The topological polar surface area (TPSA) is 35.1 Å². The highest BCUT2D eigenvalue weighted by Crippen LogP contribution is 2.14. The Morgan fingerprint density at radius 3 is 0.917 bits per heavy atom. The number of hydroxylamine groups is 1. The Morgan fingerprint density at radius 2 is 0.667 bits per heavy atom. The lowest BCUT2D eigenvalue weighted by Crippen LogP contribution is -2.04. The lowest BCUT2D eigenvalue weighted by Gasteiger charge is -2.06. The van der Waals surface area contributed by atoms with Gasteiger partial charge in [0, 0.05) is 0 Å². The summed E-state index contributed by atoms with van der Waals surface area (Å²) in [5, 5.41) is 10.1. The molecule has 0 fully saturated rings. The molecule has 0 radical (unpaired) electrons. The molecule has 0 rings (SSSR count). The summed E-state index contributed by atoms with van der Waals surface area (Å²) >= 11 is 0. The van der Waals surface area contributed by atoms with Crippen LogP contribution < -0.4 is 5.48 Å². The highest BCUT2D eigenvalue weighted by molar-refractivity contribution is 4.51. The van der Waals surface area contributed by atoms with E-state index in [1.54, 1.807) is 0 Å². The van der Waals surface area contributed by atoms with E-state index < -0.39 is 0 Å². The smallest absolute Gasteiger partial charge is 0.0170 e. The summed E-state index contributed by atoms with van der Waals surface area (Å²) in [5.41, 5.74) is 1.98. The predicted molar refractivity (Wildman–Crippen MR) is 109 cm³/mol. The molecule has 0 unspecified atom stereocenters. The van der Waals surface area contributed by atoms with E-state index in [4.69, 9.17) is 0 Å². The number of hydrogen-bond acceptors (Lipinski definition) is 2. The van der Waals surface area contributed by atoms with Crippen molar-refractivity contribution in [2.24, 2.45) is 0 Å². The molecule has 0 aromatic heterocycles. The van der Waals surface area contributed by atoms with Gasteiger partial charge in [-0.15, -0.1) is 0 Å². The van der Waals surface area contributed by atoms with Gasteiger partial charge in [-0.2, -0.15) is 0 Å². The van der Waals surface area contributed by atoms with Gasteiger partial charge in [0.2, 0.25) is 0 Å². The Morgan fingerprint density at radius 1 is 0.417 bits per heavy atom. The Hall–Kier alpha value is -0.0800. The summed E-state index contributed by atoms with van der Waals surface area (Å²) < 4.78 is 0. The van der Waals surface area contributed by atoms with Crippen molar-refractivity contribution < 1.29 is 0 Å². The van der Waals surface area contributed by atoms with Crippen molar-refractivity contribution in [2.45, 2.75) is 135 Å². The summed E-state index contributed by atoms with van der Waals surface area (Å²) in [6.07, 6.45) is 28.0. The second-order valence-electron chi connectivity index (χ2n) is 7.61. The molecule has 0 amide bonds. The molecule has 1 N–H and O–H groups in total. The van der Waals surface area contributed by atoms with Crippen molar-refractivity contribution in [2.75, 3.05) is 6.54 Å². The van der Waals surface area contributed by atoms with E-state index >= 15 is 0 Å². The minimum Gasteiger partial charge on any atom is -0.788 e. The number of rotatable bonds is 21. The third-order valence-corrected chi connectivity index (χ3v) is 5.13. The van der Waals surface area contributed by atoms with Crippen LogP contribution in [0.4, 0.5) is 0 Å². The minimum absolute atomic E-state index is 0.638. The van der Waals surface area contributed by atoms with Gasteiger partial charge in [0.05, 0.1) is 0 Å². The molecule has 0 spiro atoms. The van der Waals surface area contributed by atoms with Gasteiger partial charge in [-0.25, -0.2) is 0 Å². The third kappa shape index (κ3) is 21.9. The second-order valence-corrected chi connectivity index (χ2v) is 7.61. The molecule has 0 aliphatic rings. The molecule has 0 aromatic rings. The van der Waals surface area contributed by atoms with Gasteiger partial charge in [0.25, 0.3) is 0 Å². The number of nitrogens with one attached hydrogen (secondary N) is 1. The van der Waals surface area contributed by atoms with Crippen LogP contribution in [0.25, 0.3) is 0 Å². The van der Waals surface area contributed by atoms with Crippen molar-refractivity contribution >= 4 is 0 Å². The van der Waals surface area contributed by atoms with E-state index in [9.17, 15) is 5.21 Å². The first kappa shape index (κ1) is 23.9. The summed E-state index contributed by atoms with van der Waals surface area (Å²) in [7, 11) is 0. The fourth-order valence-electron chi connectivity index (χ4n) is 3.45. The summed E-state index contributed by atoms with van der Waals surface area (Å²) in [4.78, 5) is 0. The standard InChI is InChI=1S/C22H46NO/c1-2-3-4-5-6-7-8-9-10-11-12-13-14-15-16-17-18-19-20-21-22-23-24/h23H,2-22H2,1H3/q-1. The van der Waals surface area contributed by atoms with Crippen LogP contribution in [0.3, 0.4) is 0 Å². The Labute approximate surface area is 153 Å². The van der Waals surface area contributed by atoms with Crippen molar-refractivity contribution in [3.05, 3.63) is 5.21 Å². The van der Waals surface area contributed by atoms with Crippen LogP contribution in [0.2, 0.25) is 0 Å². The Kier molecular flexibility index (Phi) is 22.8. The van der Waals surface area contributed by atoms with E-state index in [0.29, 0.717) is 6.54 Å². The molecule has 0 heterocycles. The Balaban J connectivity index is 2.93. The van der Waals surface area contributed by atoms with Gasteiger partial charge in [0.1, 0.15) is 0 Å². The van der Waals surface area contributed by atoms with E-state index in [-0.39, 0.29) is 0 Å². The first-order valence-electron chi connectivity index (χ1n) is 11.3. The minimum atomic E-state index is 0.638. The van der Waals surface area contributed by atoms with Crippen LogP contribution in [-0.2, 0) is 0 Å². The van der Waals surface area contributed by atoms with Gasteiger partial charge in [-0.1, -0.05) is 129 Å². The van der Waals surface area contributed by atoms with Gasteiger partial charge in [-0.05, 0) is 13.0 Å². The molecule has 0 bridgehead atoms. The third-order valence-electron chi connectivity index (χ3n) is 5.13. The van der Waals surface area contributed by atoms with Crippen LogP contribution in [0.1, 0.15) is 135 Å². The lowest BCUT2D eigenvalue weighted by molar-refractivity contribution is 0.521. The second kappa shape index (κ2) is 22.9. The largest absolute Gasteiger partial charge is 0.788 e. The van der Waals surface area contributed by atoms with Crippen LogP contribution in [-0.4, -0.2) is 6.54 Å². The van der Waals surface area contributed by atoms with Gasteiger partial charge < -0.3 is 10.7 Å². The van der Waals surface area contributed by atoms with Gasteiger partial charge in [0.15, 0.2) is 0 Å². The molecule has 0 aliphatic carbocycles. The summed E-state index contributed by atoms with van der Waals surface area (Å²) in [5.74, 6) is 0. The van der Waals surface area contributed by atoms with E-state index in [1.807, 2.05) is 5.48 Å². The van der Waals surface area contributed by atoms with E-state index in [0.717, 1.165) is 6.42 Å². The molecule has 146 valence electrons. The van der Waals surface area contributed by atoms with Crippen LogP contribution in [0.5, 0.6) is 0 Å². The highest BCUT2D eigenvalue weighted by atomic mass is 16.5. The predicted octanol–water partition coefficient (Wildman–Crippen LogP) is 7.90. The molecule has 24 heavy (non-hydrogen) atoms. The maximum Gasteiger partial charge on any atom is -0.0170 e. The maximum absolute atomic E-state index is 10.1. The zero-order chi connectivity index (χ0) is 17.6. The number of hydrogen-bond donors (Lipinski definition) is 1. The number of unbranched alkanes of at least 4 members (excludes halogenated alkanes) is 19. The molecule has 0 aliphatic heterocycles. The molecular weight excluding hydrogens is 294 g/mol. The average molecular weight is 341 g/mol. The molecule has 0 saturated heterocycles. The fourth-order valence-corrected chi connectivity index (χ4v) is 3.45. The average Bonchev–Trinajstić information content (AvgIpc) is 2.60. The van der Waals surface area contributed by atoms with Crippen LogP contribution in [0, 0.1) is 5.21 Å². The van der Waals surface area contributed by atoms with Crippen molar-refractivity contribution in [3.63, 3.8) is 0 Å². The van der Waals surface area contributed by atoms with Crippen LogP contribution >= 0.6 is 0 Å². The van der Waals surface area contributed by atoms with Gasteiger partial charge in [-0.3, -0.25) is 0 Å². The van der Waals surface area contributed by atoms with E-state index in [2.05, 4.69) is 6.92 Å². The van der Waals surface area contributed by atoms with Crippen molar-refractivity contribution in [1.82, 2.24) is 5.48 Å². The maximum atomic E-state index is 10.1. The molecule has 0 aromatic carbocycles. The molecule has 2 nitrogen and oxygen atoms in total. The van der Waals surface area contributed by atoms with E-state index in [1.165, 1.54) is 122 Å². The Bertz CT molecular complexity index is 186. The SMILES string of the molecule is CCCCCCCCCCCCCCCCCCCCCCN[O-]. The molecule has 0 saturated carbocycles. The van der Waals surface area contributed by atoms with Gasteiger partial charge >= 0.3 is 0 Å². The van der Waals surface area contributed by atoms with Crippen molar-refractivity contribution in [3.8, 4) is 0 Å². The molecule has 2 heteroatoms. The quantitative estimate of drug-likeness (QED) is 0.170. The highest BCUT2D eigenvalue weighted by Gasteiger charge is 1.95. The summed E-state index contributed by atoms with van der Waals surface area (Å²) in [6, 6.07) is 0. The molecule has 0 atom stereocenters. The first-order valence-corrected chi connectivity index (χ1v) is 11.3. The molecular formula is C22H46NO-. The zero-order valence-electron chi connectivity index (χ0n) is 16.8. The van der Waals surface area contributed by atoms with Crippen molar-refractivity contribution in [1.29, 1.82) is 0 Å². The first-order chi connectivity index (χ1) is 11.9. The summed E-state index contributed by atoms with van der Waals surface area (Å²) in [6.45, 7) is 2.93. The fraction of sp³-hybridized carbons (Fsp3) is 1.00. The van der Waals surface area contributed by atoms with Crippen LogP contribution in [0.15, 0.2) is 0 Å². The zero-order valence-corrected chi connectivity index (χ0v) is 16.8. The lowest BCUT2D eigenvalue weighted by atomic mass is 10.0. The monoisotopic (exact) mass is 340 g/mol.